The van der Waals surface area contributed by atoms with Crippen LogP contribution in [0.3, 0.4) is 0 Å². The number of hydrogen-bond acceptors (Lipinski definition) is 5. The molecule has 3 aliphatic rings. The van der Waals surface area contributed by atoms with Gasteiger partial charge in [-0.05, 0) is 62.1 Å². The molecule has 0 bridgehead atoms. The van der Waals surface area contributed by atoms with Crippen LogP contribution in [-0.2, 0) is 9.59 Å². The van der Waals surface area contributed by atoms with Crippen molar-refractivity contribution in [3.05, 3.63) is 30.0 Å². The van der Waals surface area contributed by atoms with Gasteiger partial charge in [0.2, 0.25) is 11.8 Å². The lowest BCUT2D eigenvalue weighted by molar-refractivity contribution is -0.129. The minimum atomic E-state index is -0.775. The number of aromatic amines is 1. The molecule has 2 aromatic rings. The summed E-state index contributed by atoms with van der Waals surface area (Å²) in [5.74, 6) is 0.151. The van der Waals surface area contributed by atoms with Crippen molar-refractivity contribution in [3.8, 4) is 11.8 Å². The molecular weight excluding hydrogens is 458 g/mol. The van der Waals surface area contributed by atoms with E-state index in [0.29, 0.717) is 31.0 Å². The summed E-state index contributed by atoms with van der Waals surface area (Å²) in [6.45, 7) is 1.18. The van der Waals surface area contributed by atoms with Crippen LogP contribution in [0.15, 0.2) is 24.3 Å². The molecular formula is C27H33N5O4. The fourth-order valence-corrected chi connectivity index (χ4v) is 6.34. The second kappa shape index (κ2) is 10.2. The quantitative estimate of drug-likeness (QED) is 0.573. The first-order chi connectivity index (χ1) is 17.5. The Hall–Kier alpha value is -3.54. The van der Waals surface area contributed by atoms with Crippen molar-refractivity contribution in [1.82, 2.24) is 20.5 Å². The number of H-pyrrole nitrogens is 1. The molecule has 5 rings (SSSR count). The van der Waals surface area contributed by atoms with E-state index < -0.39 is 12.1 Å². The van der Waals surface area contributed by atoms with Gasteiger partial charge >= 0.3 is 0 Å². The number of nitriles is 1. The maximum atomic E-state index is 13.7. The van der Waals surface area contributed by atoms with Crippen LogP contribution in [0.2, 0.25) is 0 Å². The standard InChI is InChI=1S/C27H33N5O4/c1-36-23-10-4-9-21-20(23)13-22(31-21)27(35)32-15-17-6-2-3-8-19(17)24(32)26(34)30-18(14-28)12-16-7-5-11-29-25(16)33/h4,9-10,13,16-19,24,31H,2-3,5-8,11-12,15H2,1H3,(H,29,33)(H,30,34)/t16?,17-,18?,19-,24-/m0/s1. The summed E-state index contributed by atoms with van der Waals surface area (Å²) in [5, 5.41) is 16.3. The summed E-state index contributed by atoms with van der Waals surface area (Å²) in [4.78, 5) is 44.5. The van der Waals surface area contributed by atoms with Gasteiger partial charge in [0.15, 0.2) is 0 Å². The number of hydrogen-bond donors (Lipinski definition) is 3. The maximum absolute atomic E-state index is 13.7. The zero-order chi connectivity index (χ0) is 25.2. The lowest BCUT2D eigenvalue weighted by Crippen LogP contribution is -2.52. The number of rotatable bonds is 6. The Labute approximate surface area is 210 Å². The first-order valence-electron chi connectivity index (χ1n) is 12.9. The van der Waals surface area contributed by atoms with E-state index in [0.717, 1.165) is 43.0 Å². The lowest BCUT2D eigenvalue weighted by Gasteiger charge is -2.30. The van der Waals surface area contributed by atoms with Crippen molar-refractivity contribution in [2.45, 2.75) is 57.0 Å². The molecule has 9 heteroatoms. The average Bonchev–Trinajstić information content (AvgIpc) is 3.51. The SMILES string of the molecule is COc1cccc2[nH]c(C(=O)N3C[C@@H]4CCCC[C@@H]4[C@H]3C(=O)NC(C#N)CC3CCCNC3=O)cc12. The van der Waals surface area contributed by atoms with Crippen molar-refractivity contribution in [2.24, 2.45) is 17.8 Å². The Balaban J connectivity index is 1.38. The molecule has 0 spiro atoms. The Kier molecular flexibility index (Phi) is 6.86. The van der Waals surface area contributed by atoms with E-state index in [1.165, 1.54) is 0 Å². The molecule has 1 aromatic heterocycles. The van der Waals surface area contributed by atoms with Gasteiger partial charge in [0.25, 0.3) is 5.91 Å². The van der Waals surface area contributed by atoms with Crippen LogP contribution in [0.1, 0.15) is 55.4 Å². The number of piperidine rings is 1. The fourth-order valence-electron chi connectivity index (χ4n) is 6.34. The van der Waals surface area contributed by atoms with Gasteiger partial charge in [0, 0.05) is 29.9 Å². The van der Waals surface area contributed by atoms with Gasteiger partial charge in [-0.1, -0.05) is 18.9 Å². The van der Waals surface area contributed by atoms with Gasteiger partial charge in [0.1, 0.15) is 23.5 Å². The van der Waals surface area contributed by atoms with Crippen LogP contribution in [0.4, 0.5) is 0 Å². The number of carbonyl (C=O) groups is 3. The van der Waals surface area contributed by atoms with Gasteiger partial charge in [-0.25, -0.2) is 0 Å². The summed E-state index contributed by atoms with van der Waals surface area (Å²) in [7, 11) is 1.59. The molecule has 9 nitrogen and oxygen atoms in total. The number of benzene rings is 1. The van der Waals surface area contributed by atoms with E-state index in [1.807, 2.05) is 18.2 Å². The lowest BCUT2D eigenvalue weighted by atomic mass is 9.78. The molecule has 3 fully saturated rings. The number of ether oxygens (including phenoxy) is 1. The molecule has 3 amide bonds. The van der Waals surface area contributed by atoms with E-state index >= 15 is 0 Å². The van der Waals surface area contributed by atoms with Crippen LogP contribution in [0.25, 0.3) is 10.9 Å². The molecule has 2 aliphatic heterocycles. The van der Waals surface area contributed by atoms with Crippen LogP contribution >= 0.6 is 0 Å². The number of carbonyl (C=O) groups excluding carboxylic acids is 3. The second-order valence-corrected chi connectivity index (χ2v) is 10.3. The number of methoxy groups -OCH3 is 1. The van der Waals surface area contributed by atoms with E-state index in [-0.39, 0.29) is 41.9 Å². The summed E-state index contributed by atoms with van der Waals surface area (Å²) >= 11 is 0. The third-order valence-corrected chi connectivity index (χ3v) is 8.14. The normalized spacial score (nSPS) is 26.6. The van der Waals surface area contributed by atoms with Gasteiger partial charge in [-0.2, -0.15) is 5.26 Å². The minimum absolute atomic E-state index is 0.0602. The molecule has 5 atom stereocenters. The third-order valence-electron chi connectivity index (χ3n) is 8.14. The largest absolute Gasteiger partial charge is 0.496 e. The number of nitrogens with zero attached hydrogens (tertiary/aromatic N) is 2. The minimum Gasteiger partial charge on any atom is -0.496 e. The molecule has 0 radical (unpaired) electrons. The van der Waals surface area contributed by atoms with Crippen LogP contribution in [-0.4, -0.2) is 59.9 Å². The summed E-state index contributed by atoms with van der Waals surface area (Å²) in [6, 6.07) is 8.14. The average molecular weight is 492 g/mol. The molecule has 190 valence electrons. The zero-order valence-corrected chi connectivity index (χ0v) is 20.6. The predicted molar refractivity (Wildman–Crippen MR) is 133 cm³/mol. The smallest absolute Gasteiger partial charge is 0.271 e. The molecule has 2 saturated heterocycles. The van der Waals surface area contributed by atoms with E-state index in [4.69, 9.17) is 4.74 Å². The molecule has 1 saturated carbocycles. The highest BCUT2D eigenvalue weighted by atomic mass is 16.5. The van der Waals surface area contributed by atoms with Crippen molar-refractivity contribution in [1.29, 1.82) is 5.26 Å². The Morgan fingerprint density at radius 3 is 2.86 bits per heavy atom. The summed E-state index contributed by atoms with van der Waals surface area (Å²) < 4.78 is 5.44. The number of aromatic nitrogens is 1. The number of fused-ring (bicyclic) bond motifs is 2. The van der Waals surface area contributed by atoms with Gasteiger partial charge in [0.05, 0.1) is 13.2 Å². The van der Waals surface area contributed by atoms with Crippen LogP contribution < -0.4 is 15.4 Å². The molecule has 2 unspecified atom stereocenters. The molecule has 1 aliphatic carbocycles. The maximum Gasteiger partial charge on any atom is 0.271 e. The van der Waals surface area contributed by atoms with Crippen LogP contribution in [0, 0.1) is 29.1 Å². The highest BCUT2D eigenvalue weighted by molar-refractivity contribution is 6.02. The molecule has 3 N–H and O–H groups in total. The Morgan fingerprint density at radius 1 is 1.25 bits per heavy atom. The van der Waals surface area contributed by atoms with Crippen LogP contribution in [0.5, 0.6) is 5.75 Å². The van der Waals surface area contributed by atoms with Crippen molar-refractivity contribution in [3.63, 3.8) is 0 Å². The first kappa shape index (κ1) is 24.2. The fraction of sp³-hybridized carbons (Fsp3) is 0.556. The van der Waals surface area contributed by atoms with Crippen molar-refractivity contribution < 1.29 is 19.1 Å². The van der Waals surface area contributed by atoms with E-state index in [2.05, 4.69) is 21.7 Å². The predicted octanol–water partition coefficient (Wildman–Crippen LogP) is 2.73. The Morgan fingerprint density at radius 2 is 2.08 bits per heavy atom. The summed E-state index contributed by atoms with van der Waals surface area (Å²) in [5.41, 5.74) is 1.22. The van der Waals surface area contributed by atoms with E-state index in [9.17, 15) is 19.6 Å². The van der Waals surface area contributed by atoms with Crippen molar-refractivity contribution >= 4 is 28.6 Å². The molecule has 1 aromatic carbocycles. The highest BCUT2D eigenvalue weighted by Crippen LogP contribution is 2.41. The second-order valence-electron chi connectivity index (χ2n) is 10.3. The molecule has 3 heterocycles. The highest BCUT2D eigenvalue weighted by Gasteiger charge is 2.49. The topological polar surface area (TPSA) is 127 Å². The van der Waals surface area contributed by atoms with Gasteiger partial charge < -0.3 is 25.3 Å². The zero-order valence-electron chi connectivity index (χ0n) is 20.6. The molecule has 36 heavy (non-hydrogen) atoms. The number of amides is 3. The van der Waals surface area contributed by atoms with Crippen molar-refractivity contribution in [2.75, 3.05) is 20.2 Å². The third kappa shape index (κ3) is 4.52. The monoisotopic (exact) mass is 491 g/mol. The number of nitrogens with one attached hydrogen (secondary N) is 3. The number of likely N-dealkylation sites (tertiary alicyclic amines) is 1. The van der Waals surface area contributed by atoms with E-state index in [1.54, 1.807) is 18.1 Å². The Bertz CT molecular complexity index is 1200. The summed E-state index contributed by atoms with van der Waals surface area (Å²) in [6.07, 6.45) is 5.86. The van der Waals surface area contributed by atoms with Gasteiger partial charge in [-0.15, -0.1) is 0 Å². The van der Waals surface area contributed by atoms with Gasteiger partial charge in [-0.3, -0.25) is 14.4 Å². The first-order valence-corrected chi connectivity index (χ1v) is 12.9.